The topological polar surface area (TPSA) is 47.9 Å². The van der Waals surface area contributed by atoms with Crippen LogP contribution in [-0.2, 0) is 4.79 Å². The van der Waals surface area contributed by atoms with E-state index in [-0.39, 0.29) is 17.9 Å². The van der Waals surface area contributed by atoms with Crippen LogP contribution in [0.2, 0.25) is 10.0 Å². The molecule has 0 saturated carbocycles. The van der Waals surface area contributed by atoms with Crippen molar-refractivity contribution < 1.29 is 4.79 Å². The highest BCUT2D eigenvalue weighted by molar-refractivity contribution is 9.10. The Morgan fingerprint density at radius 3 is 2.41 bits per heavy atom. The van der Waals surface area contributed by atoms with E-state index in [1.54, 1.807) is 12.1 Å². The van der Waals surface area contributed by atoms with Crippen LogP contribution >= 0.6 is 39.1 Å². The number of carbonyl (C=O) groups excluding carboxylic acids is 1. The monoisotopic (exact) mass is 536 g/mol. The first-order valence-corrected chi connectivity index (χ1v) is 12.7. The van der Waals surface area contributed by atoms with Gasteiger partial charge < -0.3 is 0 Å². The van der Waals surface area contributed by atoms with Crippen LogP contribution in [0, 0.1) is 5.92 Å². The van der Waals surface area contributed by atoms with Crippen LogP contribution in [0.4, 0.5) is 5.69 Å². The van der Waals surface area contributed by atoms with Gasteiger partial charge in [0.05, 0.1) is 16.8 Å². The van der Waals surface area contributed by atoms with Crippen molar-refractivity contribution in [1.29, 1.82) is 0 Å². The number of amides is 1. The predicted molar refractivity (Wildman–Crippen MR) is 135 cm³/mol. The summed E-state index contributed by atoms with van der Waals surface area (Å²) in [7, 11) is 0. The maximum Gasteiger partial charge on any atom is 0.282 e. The summed E-state index contributed by atoms with van der Waals surface area (Å²) in [6, 6.07) is 13.4. The zero-order valence-electron chi connectivity index (χ0n) is 18.0. The number of rotatable bonds is 5. The standard InChI is InChI=1S/C24H27BrCl2N4O/c1-2-19-22(24(32)29-30-13-5-3-4-6-14-30)28-31(21-12-11-18(26)15-20(21)27)23(19)16-7-9-17(25)10-8-16/h7-12,15,19,23H,2-6,13-14H2,1H3,(H,29,32)/t19-,23-/m1/s1. The van der Waals surface area contributed by atoms with Crippen LogP contribution in [0.5, 0.6) is 0 Å². The van der Waals surface area contributed by atoms with Crippen LogP contribution in [0.3, 0.4) is 0 Å². The number of benzene rings is 2. The number of nitrogens with one attached hydrogen (secondary N) is 1. The van der Waals surface area contributed by atoms with Crippen molar-refractivity contribution in [3.05, 3.63) is 62.5 Å². The Morgan fingerprint density at radius 1 is 1.09 bits per heavy atom. The van der Waals surface area contributed by atoms with E-state index in [2.05, 4.69) is 40.4 Å². The second-order valence-electron chi connectivity index (χ2n) is 8.28. The molecule has 0 bridgehead atoms. The molecule has 0 aromatic heterocycles. The molecule has 170 valence electrons. The fourth-order valence-corrected chi connectivity index (χ4v) is 5.25. The zero-order valence-corrected chi connectivity index (χ0v) is 21.1. The van der Waals surface area contributed by atoms with Crippen LogP contribution in [-0.4, -0.2) is 29.7 Å². The summed E-state index contributed by atoms with van der Waals surface area (Å²) in [4.78, 5) is 13.4. The van der Waals surface area contributed by atoms with Crippen molar-refractivity contribution in [2.45, 2.75) is 45.1 Å². The molecule has 2 atom stereocenters. The third kappa shape index (κ3) is 5.14. The normalized spacial score (nSPS) is 21.9. The number of halogens is 3. The van der Waals surface area contributed by atoms with Crippen molar-refractivity contribution in [1.82, 2.24) is 10.4 Å². The molecule has 2 aliphatic rings. The number of hydrogen-bond donors (Lipinski definition) is 1. The SMILES string of the molecule is CC[C@@H]1C(C(=O)NN2CCCCCC2)=NN(c2ccc(Cl)cc2Cl)[C@@H]1c1ccc(Br)cc1. The fourth-order valence-electron chi connectivity index (χ4n) is 4.49. The molecular formula is C24H27BrCl2N4O. The van der Waals surface area contributed by atoms with E-state index in [9.17, 15) is 4.79 Å². The summed E-state index contributed by atoms with van der Waals surface area (Å²) in [5.74, 6) is -0.205. The first-order valence-electron chi connectivity index (χ1n) is 11.1. The predicted octanol–water partition coefficient (Wildman–Crippen LogP) is 6.61. The van der Waals surface area contributed by atoms with E-state index in [0.29, 0.717) is 15.8 Å². The van der Waals surface area contributed by atoms with E-state index >= 15 is 0 Å². The third-order valence-electron chi connectivity index (χ3n) is 6.12. The molecule has 0 aliphatic carbocycles. The zero-order chi connectivity index (χ0) is 22.7. The smallest absolute Gasteiger partial charge is 0.282 e. The lowest BCUT2D eigenvalue weighted by Crippen LogP contribution is -2.47. The van der Waals surface area contributed by atoms with Gasteiger partial charge in [0.15, 0.2) is 0 Å². The Bertz CT molecular complexity index is 990. The van der Waals surface area contributed by atoms with Gasteiger partial charge in [-0.2, -0.15) is 5.10 Å². The van der Waals surface area contributed by atoms with Gasteiger partial charge in [0.25, 0.3) is 5.91 Å². The van der Waals surface area contributed by atoms with Crippen molar-refractivity contribution in [3.8, 4) is 0 Å². The summed E-state index contributed by atoms with van der Waals surface area (Å²) >= 11 is 16.2. The third-order valence-corrected chi connectivity index (χ3v) is 7.18. The van der Waals surface area contributed by atoms with E-state index < -0.39 is 0 Å². The van der Waals surface area contributed by atoms with Gasteiger partial charge in [-0.05, 0) is 55.2 Å². The Balaban J connectivity index is 1.70. The molecule has 8 heteroatoms. The molecule has 2 heterocycles. The number of anilines is 1. The molecule has 5 nitrogen and oxygen atoms in total. The molecule has 1 amide bonds. The second-order valence-corrected chi connectivity index (χ2v) is 10.0. The van der Waals surface area contributed by atoms with Gasteiger partial charge in [0, 0.05) is 28.5 Å². The average molecular weight is 538 g/mol. The molecule has 0 radical (unpaired) electrons. The summed E-state index contributed by atoms with van der Waals surface area (Å²) in [5.41, 5.74) is 5.47. The quantitative estimate of drug-likeness (QED) is 0.467. The number of nitrogens with zero attached hydrogens (tertiary/aromatic N) is 3. The lowest BCUT2D eigenvalue weighted by atomic mass is 9.87. The minimum atomic E-state index is -0.142. The van der Waals surface area contributed by atoms with E-state index in [0.717, 1.165) is 48.1 Å². The molecule has 0 unspecified atom stereocenters. The molecule has 1 N–H and O–H groups in total. The minimum Gasteiger partial charge on any atom is -0.284 e. The Kier molecular flexibility index (Phi) is 7.77. The van der Waals surface area contributed by atoms with Crippen molar-refractivity contribution in [2.24, 2.45) is 11.0 Å². The molecule has 32 heavy (non-hydrogen) atoms. The molecule has 2 aromatic rings. The van der Waals surface area contributed by atoms with Crippen LogP contribution in [0.15, 0.2) is 52.0 Å². The van der Waals surface area contributed by atoms with Gasteiger partial charge in [-0.15, -0.1) is 0 Å². The molecule has 2 aliphatic heterocycles. The van der Waals surface area contributed by atoms with E-state index in [1.165, 1.54) is 12.8 Å². The van der Waals surface area contributed by atoms with Gasteiger partial charge >= 0.3 is 0 Å². The van der Waals surface area contributed by atoms with Gasteiger partial charge in [-0.25, -0.2) is 5.01 Å². The Labute approximate surface area is 207 Å². The highest BCUT2D eigenvalue weighted by atomic mass is 79.9. The lowest BCUT2D eigenvalue weighted by molar-refractivity contribution is -0.119. The number of hydrazine groups is 1. The molecular weight excluding hydrogens is 511 g/mol. The Hall–Kier alpha value is -1.60. The summed E-state index contributed by atoms with van der Waals surface area (Å²) in [5, 5.41) is 9.83. The molecule has 4 rings (SSSR count). The number of carbonyl (C=O) groups is 1. The van der Waals surface area contributed by atoms with Gasteiger partial charge in [0.2, 0.25) is 0 Å². The van der Waals surface area contributed by atoms with Gasteiger partial charge in [-0.3, -0.25) is 15.2 Å². The number of hydrogen-bond acceptors (Lipinski definition) is 4. The molecule has 0 spiro atoms. The van der Waals surface area contributed by atoms with Crippen LogP contribution < -0.4 is 10.4 Å². The van der Waals surface area contributed by atoms with E-state index in [1.807, 2.05) is 28.2 Å². The first-order chi connectivity index (χ1) is 15.5. The van der Waals surface area contributed by atoms with E-state index in [4.69, 9.17) is 28.3 Å². The molecule has 1 saturated heterocycles. The van der Waals surface area contributed by atoms with Crippen LogP contribution in [0.25, 0.3) is 0 Å². The largest absolute Gasteiger partial charge is 0.284 e. The highest BCUT2D eigenvalue weighted by Gasteiger charge is 2.42. The average Bonchev–Trinajstić information content (AvgIpc) is 2.96. The summed E-state index contributed by atoms with van der Waals surface area (Å²) < 4.78 is 1.00. The highest BCUT2D eigenvalue weighted by Crippen LogP contribution is 2.43. The van der Waals surface area contributed by atoms with Crippen molar-refractivity contribution in [3.63, 3.8) is 0 Å². The Morgan fingerprint density at radius 2 is 1.78 bits per heavy atom. The maximum atomic E-state index is 13.4. The van der Waals surface area contributed by atoms with Gasteiger partial charge in [0.1, 0.15) is 5.71 Å². The first kappa shape index (κ1) is 23.6. The lowest BCUT2D eigenvalue weighted by Gasteiger charge is -2.29. The van der Waals surface area contributed by atoms with Crippen LogP contribution in [0.1, 0.15) is 50.6 Å². The van der Waals surface area contributed by atoms with Crippen molar-refractivity contribution in [2.75, 3.05) is 18.1 Å². The minimum absolute atomic E-state index is 0.0742. The fraction of sp³-hybridized carbons (Fsp3) is 0.417. The van der Waals surface area contributed by atoms with Crippen molar-refractivity contribution >= 4 is 56.4 Å². The summed E-state index contributed by atoms with van der Waals surface area (Å²) in [6.45, 7) is 3.84. The number of hydrazone groups is 1. The molecule has 1 fully saturated rings. The van der Waals surface area contributed by atoms with Gasteiger partial charge in [-0.1, -0.05) is 71.0 Å². The second kappa shape index (κ2) is 10.6. The summed E-state index contributed by atoms with van der Waals surface area (Å²) in [6.07, 6.45) is 5.38. The molecule has 2 aromatic carbocycles. The maximum absolute atomic E-state index is 13.4.